The number of rotatable bonds is 6. The summed E-state index contributed by atoms with van der Waals surface area (Å²) in [6, 6.07) is 15.2. The molecule has 2 aromatic rings. The van der Waals surface area contributed by atoms with Crippen LogP contribution in [-0.4, -0.2) is 54.8 Å². The molecule has 2 heterocycles. The Kier molecular flexibility index (Phi) is 5.44. The van der Waals surface area contributed by atoms with Crippen molar-refractivity contribution in [1.82, 2.24) is 9.80 Å². The van der Waals surface area contributed by atoms with Crippen molar-refractivity contribution >= 4 is 11.7 Å². The predicted octanol–water partition coefficient (Wildman–Crippen LogP) is 3.25. The number of Topliss-reactive ketones (excluding diaryl/α,β-unsaturated/α-hetero) is 1. The van der Waals surface area contributed by atoms with Crippen molar-refractivity contribution in [2.45, 2.75) is 19.4 Å². The molecule has 0 N–H and O–H groups in total. The Morgan fingerprint density at radius 2 is 1.89 bits per heavy atom. The largest absolute Gasteiger partial charge is 0.497 e. The second-order valence-electron chi connectivity index (χ2n) is 7.72. The van der Waals surface area contributed by atoms with Crippen LogP contribution >= 0.6 is 0 Å². The first-order chi connectivity index (χ1) is 13.6. The molecule has 2 aliphatic heterocycles. The van der Waals surface area contributed by atoms with Gasteiger partial charge in [0.1, 0.15) is 5.75 Å². The van der Waals surface area contributed by atoms with Crippen molar-refractivity contribution in [3.8, 4) is 5.75 Å². The predicted molar refractivity (Wildman–Crippen MR) is 108 cm³/mol. The summed E-state index contributed by atoms with van der Waals surface area (Å²) in [7, 11) is 1.61. The van der Waals surface area contributed by atoms with Gasteiger partial charge in [-0.25, -0.2) is 0 Å². The molecule has 28 heavy (non-hydrogen) atoms. The maximum atomic E-state index is 12.6. The minimum absolute atomic E-state index is 0.127. The van der Waals surface area contributed by atoms with Gasteiger partial charge in [-0.15, -0.1) is 0 Å². The molecular weight excluding hydrogens is 352 g/mol. The number of methoxy groups -OCH3 is 1. The molecule has 0 spiro atoms. The zero-order valence-corrected chi connectivity index (χ0v) is 16.3. The summed E-state index contributed by atoms with van der Waals surface area (Å²) in [4.78, 5) is 29.3. The van der Waals surface area contributed by atoms with Crippen molar-refractivity contribution < 1.29 is 14.3 Å². The molecule has 0 radical (unpaired) electrons. The van der Waals surface area contributed by atoms with E-state index in [1.54, 1.807) is 13.2 Å². The third-order valence-corrected chi connectivity index (χ3v) is 5.84. The van der Waals surface area contributed by atoms with E-state index in [-0.39, 0.29) is 11.7 Å². The van der Waals surface area contributed by atoms with Gasteiger partial charge in [0.25, 0.3) is 5.91 Å². The summed E-state index contributed by atoms with van der Waals surface area (Å²) in [5.74, 6) is 1.50. The van der Waals surface area contributed by atoms with Crippen LogP contribution in [0.15, 0.2) is 48.5 Å². The molecule has 5 nitrogen and oxygen atoms in total. The van der Waals surface area contributed by atoms with Crippen molar-refractivity contribution in [1.29, 1.82) is 0 Å². The summed E-state index contributed by atoms with van der Waals surface area (Å²) < 4.78 is 5.21. The molecule has 146 valence electrons. The highest BCUT2D eigenvalue weighted by atomic mass is 16.5. The minimum Gasteiger partial charge on any atom is -0.497 e. The highest BCUT2D eigenvalue weighted by molar-refractivity contribution is 5.98. The van der Waals surface area contributed by atoms with Crippen molar-refractivity contribution in [2.24, 2.45) is 5.92 Å². The Morgan fingerprint density at radius 3 is 2.64 bits per heavy atom. The summed E-state index contributed by atoms with van der Waals surface area (Å²) in [6.07, 6.45) is 2.04. The first-order valence-electron chi connectivity index (χ1n) is 9.91. The van der Waals surface area contributed by atoms with Crippen molar-refractivity contribution in [3.63, 3.8) is 0 Å². The molecule has 2 aromatic carbocycles. The van der Waals surface area contributed by atoms with E-state index in [2.05, 4.69) is 4.90 Å². The molecule has 0 saturated carbocycles. The van der Waals surface area contributed by atoms with Crippen LogP contribution in [0.2, 0.25) is 0 Å². The zero-order chi connectivity index (χ0) is 19.5. The number of ether oxygens (including phenoxy) is 1. The van der Waals surface area contributed by atoms with Gasteiger partial charge in [-0.1, -0.05) is 30.3 Å². The number of hydrogen-bond acceptors (Lipinski definition) is 4. The number of amides is 1. The fourth-order valence-electron chi connectivity index (χ4n) is 4.19. The van der Waals surface area contributed by atoms with Crippen LogP contribution in [0.25, 0.3) is 0 Å². The number of benzene rings is 2. The molecule has 1 saturated heterocycles. The third kappa shape index (κ3) is 3.94. The average Bonchev–Trinajstić information content (AvgIpc) is 3.05. The lowest BCUT2D eigenvalue weighted by atomic mass is 9.95. The Morgan fingerprint density at radius 1 is 1.11 bits per heavy atom. The van der Waals surface area contributed by atoms with E-state index in [1.165, 1.54) is 0 Å². The standard InChI is InChI=1S/C23H26N2O3/c1-28-20-7-4-6-18(13-20)22(26)16-24-11-9-17(10-12-24)14-25-15-19-5-2-3-8-21(19)23(25)27/h2-8,13,17H,9-12,14-16H2,1H3. The molecule has 0 atom stereocenters. The van der Waals surface area contributed by atoms with Crippen LogP contribution in [0, 0.1) is 5.92 Å². The first kappa shape index (κ1) is 18.7. The molecular formula is C23H26N2O3. The maximum absolute atomic E-state index is 12.6. The topological polar surface area (TPSA) is 49.9 Å². The summed E-state index contributed by atoms with van der Waals surface area (Å²) in [5.41, 5.74) is 2.68. The van der Waals surface area contributed by atoms with Crippen LogP contribution < -0.4 is 4.74 Å². The smallest absolute Gasteiger partial charge is 0.254 e. The highest BCUT2D eigenvalue weighted by Gasteiger charge is 2.30. The number of nitrogens with zero attached hydrogens (tertiary/aromatic N) is 2. The summed E-state index contributed by atoms with van der Waals surface area (Å²) in [6.45, 7) is 3.77. The Bertz CT molecular complexity index is 872. The van der Waals surface area contributed by atoms with E-state index < -0.39 is 0 Å². The summed E-state index contributed by atoms with van der Waals surface area (Å²) in [5, 5.41) is 0. The van der Waals surface area contributed by atoms with E-state index in [0.29, 0.717) is 23.8 Å². The number of carbonyl (C=O) groups excluding carboxylic acids is 2. The molecule has 4 rings (SSSR count). The minimum atomic E-state index is 0.127. The number of hydrogen-bond donors (Lipinski definition) is 0. The number of piperidine rings is 1. The van der Waals surface area contributed by atoms with Gasteiger partial charge in [-0.05, 0) is 55.6 Å². The number of likely N-dealkylation sites (tertiary alicyclic amines) is 1. The average molecular weight is 378 g/mol. The summed E-state index contributed by atoms with van der Waals surface area (Å²) >= 11 is 0. The van der Waals surface area contributed by atoms with Gasteiger partial charge in [-0.3, -0.25) is 14.5 Å². The molecule has 0 aliphatic carbocycles. The van der Waals surface area contributed by atoms with Crippen LogP contribution in [-0.2, 0) is 6.54 Å². The van der Waals surface area contributed by atoms with E-state index >= 15 is 0 Å². The molecule has 0 aromatic heterocycles. The maximum Gasteiger partial charge on any atom is 0.254 e. The fraction of sp³-hybridized carbons (Fsp3) is 0.391. The molecule has 2 aliphatic rings. The van der Waals surface area contributed by atoms with Crippen LogP contribution in [0.4, 0.5) is 0 Å². The Labute approximate surface area is 165 Å². The van der Waals surface area contributed by atoms with Crippen LogP contribution in [0.3, 0.4) is 0 Å². The Hall–Kier alpha value is -2.66. The molecule has 1 amide bonds. The van der Waals surface area contributed by atoms with Gasteiger partial charge in [0.05, 0.1) is 13.7 Å². The van der Waals surface area contributed by atoms with Crippen molar-refractivity contribution in [3.05, 3.63) is 65.2 Å². The van der Waals surface area contributed by atoms with Crippen LogP contribution in [0.5, 0.6) is 5.75 Å². The van der Waals surface area contributed by atoms with Gasteiger partial charge >= 0.3 is 0 Å². The lowest BCUT2D eigenvalue weighted by Gasteiger charge is -2.33. The second kappa shape index (κ2) is 8.15. The number of carbonyl (C=O) groups is 2. The van der Waals surface area contributed by atoms with Gasteiger partial charge < -0.3 is 9.64 Å². The normalized spacial score (nSPS) is 17.6. The fourth-order valence-corrected chi connectivity index (χ4v) is 4.19. The molecule has 0 bridgehead atoms. The number of fused-ring (bicyclic) bond motifs is 1. The van der Waals surface area contributed by atoms with E-state index in [4.69, 9.17) is 4.74 Å². The van der Waals surface area contributed by atoms with Crippen LogP contribution in [0.1, 0.15) is 39.1 Å². The van der Waals surface area contributed by atoms with Gasteiger partial charge in [0.2, 0.25) is 0 Å². The quantitative estimate of drug-likeness (QED) is 0.724. The first-order valence-corrected chi connectivity index (χ1v) is 9.91. The number of ketones is 1. The van der Waals surface area contributed by atoms with E-state index in [1.807, 2.05) is 47.4 Å². The zero-order valence-electron chi connectivity index (χ0n) is 16.3. The van der Waals surface area contributed by atoms with Gasteiger partial charge in [-0.2, -0.15) is 0 Å². The monoisotopic (exact) mass is 378 g/mol. The lowest BCUT2D eigenvalue weighted by Crippen LogP contribution is -2.40. The highest BCUT2D eigenvalue weighted by Crippen LogP contribution is 2.26. The molecule has 5 heteroatoms. The lowest BCUT2D eigenvalue weighted by molar-refractivity contribution is 0.0707. The van der Waals surface area contributed by atoms with E-state index in [9.17, 15) is 9.59 Å². The van der Waals surface area contributed by atoms with Gasteiger partial charge in [0.15, 0.2) is 5.78 Å². The third-order valence-electron chi connectivity index (χ3n) is 5.84. The molecule has 1 fully saturated rings. The van der Waals surface area contributed by atoms with Crippen molar-refractivity contribution in [2.75, 3.05) is 33.3 Å². The van der Waals surface area contributed by atoms with Gasteiger partial charge in [0, 0.05) is 24.2 Å². The second-order valence-corrected chi connectivity index (χ2v) is 7.72. The Balaban J connectivity index is 1.27. The van der Waals surface area contributed by atoms with E-state index in [0.717, 1.165) is 50.1 Å². The molecule has 0 unspecified atom stereocenters. The SMILES string of the molecule is COc1cccc(C(=O)CN2CCC(CN3Cc4ccccc4C3=O)CC2)c1.